The fourth-order valence-electron chi connectivity index (χ4n) is 2.39. The van der Waals surface area contributed by atoms with E-state index in [0.717, 1.165) is 28.0 Å². The zero-order chi connectivity index (χ0) is 15.4. The van der Waals surface area contributed by atoms with E-state index in [4.69, 9.17) is 5.26 Å². The molecule has 0 saturated carbocycles. The first-order chi connectivity index (χ1) is 10.0. The third kappa shape index (κ3) is 3.49. The maximum absolute atomic E-state index is 10.1. The summed E-state index contributed by atoms with van der Waals surface area (Å²) < 4.78 is 0. The van der Waals surface area contributed by atoms with E-state index in [1.165, 1.54) is 0 Å². The molecule has 0 aliphatic heterocycles. The van der Waals surface area contributed by atoms with Crippen LogP contribution in [-0.2, 0) is 6.54 Å². The van der Waals surface area contributed by atoms with Crippen LogP contribution < -0.4 is 0 Å². The summed E-state index contributed by atoms with van der Waals surface area (Å²) in [5.74, 6) is 0.272. The number of nitrogens with zero attached hydrogens (tertiary/aromatic N) is 2. The van der Waals surface area contributed by atoms with Crippen molar-refractivity contribution < 1.29 is 5.11 Å². The minimum atomic E-state index is 0.272. The number of phenols is 1. The fraction of sp³-hybridized carbons (Fsp3) is 0.222. The summed E-state index contributed by atoms with van der Waals surface area (Å²) >= 11 is 0. The summed E-state index contributed by atoms with van der Waals surface area (Å²) in [6.07, 6.45) is 0. The predicted octanol–water partition coefficient (Wildman–Crippen LogP) is 3.89. The van der Waals surface area contributed by atoms with E-state index in [-0.39, 0.29) is 5.75 Å². The Morgan fingerprint density at radius 3 is 2.43 bits per heavy atom. The Bertz CT molecular complexity index is 699. The van der Waals surface area contributed by atoms with E-state index < -0.39 is 0 Å². The molecule has 0 saturated heterocycles. The summed E-state index contributed by atoms with van der Waals surface area (Å²) in [7, 11) is 0. The number of aryl methyl sites for hydroxylation is 2. The van der Waals surface area contributed by atoms with Crippen LogP contribution in [0.4, 0.5) is 0 Å². The molecule has 0 aromatic heterocycles. The minimum absolute atomic E-state index is 0.272. The van der Waals surface area contributed by atoms with Crippen LogP contribution in [0.25, 0.3) is 0 Å². The van der Waals surface area contributed by atoms with Gasteiger partial charge in [-0.3, -0.25) is 4.99 Å². The van der Waals surface area contributed by atoms with E-state index >= 15 is 0 Å². The highest BCUT2D eigenvalue weighted by Gasteiger charge is 2.09. The van der Waals surface area contributed by atoms with Crippen LogP contribution >= 0.6 is 0 Å². The number of rotatable bonds is 3. The molecule has 0 bridgehead atoms. The number of benzene rings is 2. The molecule has 0 atom stereocenters. The van der Waals surface area contributed by atoms with Gasteiger partial charge in [-0.2, -0.15) is 5.26 Å². The van der Waals surface area contributed by atoms with Crippen molar-refractivity contribution in [2.75, 3.05) is 0 Å². The minimum Gasteiger partial charge on any atom is -0.507 e. The third-order valence-corrected chi connectivity index (χ3v) is 3.40. The largest absolute Gasteiger partial charge is 0.507 e. The monoisotopic (exact) mass is 278 g/mol. The quantitative estimate of drug-likeness (QED) is 0.866. The average molecular weight is 278 g/mol. The number of nitriles is 1. The highest BCUT2D eigenvalue weighted by Crippen LogP contribution is 2.24. The molecule has 0 spiro atoms. The first-order valence-corrected chi connectivity index (χ1v) is 6.82. The number of aliphatic imine (C=N–C) groups is 1. The number of hydrogen-bond donors (Lipinski definition) is 1. The van der Waals surface area contributed by atoms with Gasteiger partial charge in [-0.05, 0) is 55.7 Å². The zero-order valence-corrected chi connectivity index (χ0v) is 12.5. The molecule has 2 aromatic rings. The van der Waals surface area contributed by atoms with Gasteiger partial charge in [-0.15, -0.1) is 0 Å². The third-order valence-electron chi connectivity index (χ3n) is 3.40. The first-order valence-electron chi connectivity index (χ1n) is 6.82. The Balaban J connectivity index is 2.23. The Morgan fingerprint density at radius 2 is 1.86 bits per heavy atom. The summed E-state index contributed by atoms with van der Waals surface area (Å²) in [6, 6.07) is 13.3. The van der Waals surface area contributed by atoms with Gasteiger partial charge in [0.1, 0.15) is 5.75 Å². The molecule has 2 rings (SSSR count). The lowest BCUT2D eigenvalue weighted by atomic mass is 10.0. The molecule has 0 fully saturated rings. The summed E-state index contributed by atoms with van der Waals surface area (Å²) in [5.41, 5.74) is 5.36. The number of aromatic hydroxyl groups is 1. The summed E-state index contributed by atoms with van der Waals surface area (Å²) in [4.78, 5) is 4.55. The molecule has 106 valence electrons. The molecule has 0 unspecified atom stereocenters. The van der Waals surface area contributed by atoms with Crippen LogP contribution in [0, 0.1) is 25.2 Å². The SMILES string of the molecule is CC(=NCc1ccc(C#N)cc1)c1c(C)cc(C)cc1O. The summed E-state index contributed by atoms with van der Waals surface area (Å²) in [6.45, 7) is 6.37. The van der Waals surface area contributed by atoms with Gasteiger partial charge in [-0.1, -0.05) is 18.2 Å². The predicted molar refractivity (Wildman–Crippen MR) is 84.7 cm³/mol. The van der Waals surface area contributed by atoms with Gasteiger partial charge in [0.05, 0.1) is 18.2 Å². The standard InChI is InChI=1S/C18H18N2O/c1-12-8-13(2)18(17(21)9-12)14(3)20-11-16-6-4-15(10-19)5-7-16/h4-9,21H,11H2,1-3H3. The highest BCUT2D eigenvalue weighted by atomic mass is 16.3. The molecule has 0 aliphatic carbocycles. The second-order valence-corrected chi connectivity index (χ2v) is 5.19. The summed E-state index contributed by atoms with van der Waals surface area (Å²) in [5, 5.41) is 18.9. The van der Waals surface area contributed by atoms with Crippen LogP contribution in [0.2, 0.25) is 0 Å². The fourth-order valence-corrected chi connectivity index (χ4v) is 2.39. The second-order valence-electron chi connectivity index (χ2n) is 5.19. The van der Waals surface area contributed by atoms with Crippen molar-refractivity contribution in [3.63, 3.8) is 0 Å². The molecular weight excluding hydrogens is 260 g/mol. The zero-order valence-electron chi connectivity index (χ0n) is 12.5. The lowest BCUT2D eigenvalue weighted by Gasteiger charge is -2.10. The Morgan fingerprint density at radius 1 is 1.19 bits per heavy atom. The van der Waals surface area contributed by atoms with Gasteiger partial charge in [0.25, 0.3) is 0 Å². The average Bonchev–Trinajstić information content (AvgIpc) is 2.44. The molecule has 1 N–H and O–H groups in total. The van der Waals surface area contributed by atoms with Crippen molar-refractivity contribution in [3.8, 4) is 11.8 Å². The van der Waals surface area contributed by atoms with Gasteiger partial charge < -0.3 is 5.11 Å². The Kier molecular flexibility index (Phi) is 4.39. The van der Waals surface area contributed by atoms with E-state index in [2.05, 4.69) is 11.1 Å². The Labute approximate surface area is 125 Å². The molecule has 2 aromatic carbocycles. The Hall–Kier alpha value is -2.60. The number of phenolic OH excluding ortho intramolecular Hbond substituents is 1. The first kappa shape index (κ1) is 14.8. The van der Waals surface area contributed by atoms with Crippen LogP contribution in [0.5, 0.6) is 5.75 Å². The second kappa shape index (κ2) is 6.23. The highest BCUT2D eigenvalue weighted by molar-refractivity contribution is 6.02. The van der Waals surface area contributed by atoms with E-state index in [0.29, 0.717) is 12.1 Å². The van der Waals surface area contributed by atoms with Crippen LogP contribution in [0.1, 0.15) is 34.7 Å². The van der Waals surface area contributed by atoms with Gasteiger partial charge in [-0.25, -0.2) is 0 Å². The van der Waals surface area contributed by atoms with Crippen LogP contribution in [-0.4, -0.2) is 10.8 Å². The number of hydrogen-bond acceptors (Lipinski definition) is 3. The van der Waals surface area contributed by atoms with Crippen molar-refractivity contribution in [2.24, 2.45) is 4.99 Å². The maximum atomic E-state index is 10.1. The lowest BCUT2D eigenvalue weighted by Crippen LogP contribution is -2.00. The van der Waals surface area contributed by atoms with Crippen molar-refractivity contribution in [3.05, 3.63) is 64.2 Å². The maximum Gasteiger partial charge on any atom is 0.125 e. The molecule has 3 heteroatoms. The lowest BCUT2D eigenvalue weighted by molar-refractivity contribution is 0.473. The molecule has 21 heavy (non-hydrogen) atoms. The van der Waals surface area contributed by atoms with Gasteiger partial charge in [0.2, 0.25) is 0 Å². The van der Waals surface area contributed by atoms with Gasteiger partial charge in [0.15, 0.2) is 0 Å². The van der Waals surface area contributed by atoms with Crippen molar-refractivity contribution >= 4 is 5.71 Å². The smallest absolute Gasteiger partial charge is 0.125 e. The molecule has 0 radical (unpaired) electrons. The van der Waals surface area contributed by atoms with Crippen LogP contribution in [0.15, 0.2) is 41.4 Å². The van der Waals surface area contributed by atoms with Gasteiger partial charge >= 0.3 is 0 Å². The molecule has 0 aliphatic rings. The molecule has 3 nitrogen and oxygen atoms in total. The van der Waals surface area contributed by atoms with E-state index in [9.17, 15) is 5.11 Å². The van der Waals surface area contributed by atoms with Crippen molar-refractivity contribution in [1.82, 2.24) is 0 Å². The molecular formula is C18H18N2O. The van der Waals surface area contributed by atoms with Crippen molar-refractivity contribution in [1.29, 1.82) is 5.26 Å². The molecule has 0 heterocycles. The normalized spacial score (nSPS) is 11.2. The van der Waals surface area contributed by atoms with Crippen LogP contribution in [0.3, 0.4) is 0 Å². The van der Waals surface area contributed by atoms with E-state index in [1.54, 1.807) is 18.2 Å². The topological polar surface area (TPSA) is 56.4 Å². The molecule has 0 amide bonds. The van der Waals surface area contributed by atoms with Gasteiger partial charge in [0, 0.05) is 11.3 Å². The van der Waals surface area contributed by atoms with E-state index in [1.807, 2.05) is 39.0 Å². The van der Waals surface area contributed by atoms with Crippen molar-refractivity contribution in [2.45, 2.75) is 27.3 Å².